The van der Waals surface area contributed by atoms with E-state index in [0.29, 0.717) is 0 Å². The molecule has 1 heterocycles. The third-order valence-electron chi connectivity index (χ3n) is 2.99. The number of benzene rings is 1. The van der Waals surface area contributed by atoms with Crippen molar-refractivity contribution in [1.29, 1.82) is 0 Å². The Hall–Kier alpha value is -1.41. The molecule has 2 N–H and O–H groups in total. The Labute approximate surface area is 82.8 Å². The molecule has 1 atom stereocenters. The largest absolute Gasteiger partial charge is 0.324 e. The first-order chi connectivity index (χ1) is 6.84. The van der Waals surface area contributed by atoms with Gasteiger partial charge in [0, 0.05) is 17.6 Å². The predicted octanol–water partition coefficient (Wildman–Crippen LogP) is 2.18. The fourth-order valence-electron chi connectivity index (χ4n) is 2.21. The van der Waals surface area contributed by atoms with E-state index in [1.165, 1.54) is 16.5 Å². The molecule has 0 amide bonds. The molecule has 3 rings (SSSR count). The summed E-state index contributed by atoms with van der Waals surface area (Å²) in [5.74, 6) is 0. The van der Waals surface area contributed by atoms with Gasteiger partial charge in [0.25, 0.3) is 0 Å². The molecule has 1 aromatic carbocycles. The van der Waals surface area contributed by atoms with Crippen LogP contribution in [-0.4, -0.2) is 4.98 Å². The fraction of sp³-hybridized carbons (Fsp3) is 0.250. The summed E-state index contributed by atoms with van der Waals surface area (Å²) in [6.07, 6.45) is 4.01. The lowest BCUT2D eigenvalue weighted by Crippen LogP contribution is -2.04. The molecule has 0 fully saturated rings. The number of nitrogens with two attached hydrogens (primary N) is 1. The van der Waals surface area contributed by atoms with E-state index >= 15 is 0 Å². The average molecular weight is 184 g/mol. The first kappa shape index (κ1) is 7.94. The number of fused-ring (bicyclic) bond motifs is 2. The minimum atomic E-state index is 0.231. The van der Waals surface area contributed by atoms with Gasteiger partial charge in [0.05, 0.1) is 5.52 Å². The Morgan fingerprint density at radius 3 is 3.21 bits per heavy atom. The average Bonchev–Trinajstić information content (AvgIpc) is 2.57. The number of hydrogen-bond donors (Lipinski definition) is 1. The summed E-state index contributed by atoms with van der Waals surface area (Å²) in [4.78, 5) is 4.34. The second-order valence-electron chi connectivity index (χ2n) is 3.89. The maximum Gasteiger partial charge on any atom is 0.0704 e. The van der Waals surface area contributed by atoms with Gasteiger partial charge in [-0.2, -0.15) is 0 Å². The Balaban J connectivity index is 2.33. The topological polar surface area (TPSA) is 38.9 Å². The van der Waals surface area contributed by atoms with E-state index in [1.807, 2.05) is 12.3 Å². The van der Waals surface area contributed by atoms with E-state index in [0.717, 1.165) is 18.4 Å². The molecule has 1 aliphatic rings. The van der Waals surface area contributed by atoms with E-state index in [4.69, 9.17) is 5.73 Å². The van der Waals surface area contributed by atoms with Crippen LogP contribution in [0.4, 0.5) is 0 Å². The Morgan fingerprint density at radius 2 is 2.29 bits per heavy atom. The summed E-state index contributed by atoms with van der Waals surface area (Å²) < 4.78 is 0. The SMILES string of the molecule is NC1CCc2cc3ncccc3cc21. The number of hydrogen-bond acceptors (Lipinski definition) is 2. The monoisotopic (exact) mass is 184 g/mol. The third kappa shape index (κ3) is 1.04. The Bertz CT molecular complexity index is 491. The van der Waals surface area contributed by atoms with Gasteiger partial charge in [-0.3, -0.25) is 4.98 Å². The first-order valence-corrected chi connectivity index (χ1v) is 4.98. The highest BCUT2D eigenvalue weighted by Crippen LogP contribution is 2.31. The molecule has 0 saturated carbocycles. The molecule has 0 radical (unpaired) electrons. The van der Waals surface area contributed by atoms with Gasteiger partial charge in [-0.05, 0) is 42.2 Å². The van der Waals surface area contributed by atoms with Gasteiger partial charge in [-0.25, -0.2) is 0 Å². The van der Waals surface area contributed by atoms with Gasteiger partial charge in [-0.1, -0.05) is 6.07 Å². The Morgan fingerprint density at radius 1 is 1.36 bits per heavy atom. The number of nitrogens with zero attached hydrogens (tertiary/aromatic N) is 1. The number of aryl methyl sites for hydroxylation is 1. The van der Waals surface area contributed by atoms with Crippen LogP contribution < -0.4 is 5.73 Å². The summed E-state index contributed by atoms with van der Waals surface area (Å²) in [5.41, 5.74) is 9.79. The molecule has 70 valence electrons. The second kappa shape index (κ2) is 2.79. The molecular weight excluding hydrogens is 172 g/mol. The van der Waals surface area contributed by atoms with Gasteiger partial charge in [0.1, 0.15) is 0 Å². The van der Waals surface area contributed by atoms with Crippen LogP contribution in [0.2, 0.25) is 0 Å². The minimum Gasteiger partial charge on any atom is -0.324 e. The molecule has 1 aromatic heterocycles. The zero-order valence-corrected chi connectivity index (χ0v) is 7.90. The molecule has 2 aromatic rings. The molecule has 1 unspecified atom stereocenters. The van der Waals surface area contributed by atoms with Gasteiger partial charge >= 0.3 is 0 Å². The van der Waals surface area contributed by atoms with Crippen LogP contribution in [0.15, 0.2) is 30.5 Å². The van der Waals surface area contributed by atoms with Crippen molar-refractivity contribution in [2.45, 2.75) is 18.9 Å². The van der Waals surface area contributed by atoms with Crippen molar-refractivity contribution in [2.75, 3.05) is 0 Å². The van der Waals surface area contributed by atoms with E-state index in [2.05, 4.69) is 23.2 Å². The molecule has 1 aliphatic carbocycles. The van der Waals surface area contributed by atoms with Crippen LogP contribution in [0.5, 0.6) is 0 Å². The van der Waals surface area contributed by atoms with E-state index in [1.54, 1.807) is 0 Å². The van der Waals surface area contributed by atoms with E-state index < -0.39 is 0 Å². The highest BCUT2D eigenvalue weighted by molar-refractivity contribution is 5.80. The number of aromatic nitrogens is 1. The summed E-state index contributed by atoms with van der Waals surface area (Å²) in [5, 5.41) is 1.20. The summed E-state index contributed by atoms with van der Waals surface area (Å²) >= 11 is 0. The predicted molar refractivity (Wildman–Crippen MR) is 57.0 cm³/mol. The molecule has 0 aliphatic heterocycles. The number of rotatable bonds is 0. The maximum absolute atomic E-state index is 6.02. The molecular formula is C12H12N2. The van der Waals surface area contributed by atoms with Crippen LogP contribution >= 0.6 is 0 Å². The molecule has 2 heteroatoms. The van der Waals surface area contributed by atoms with Gasteiger partial charge in [-0.15, -0.1) is 0 Å². The summed E-state index contributed by atoms with van der Waals surface area (Å²) in [6, 6.07) is 8.66. The van der Waals surface area contributed by atoms with E-state index in [9.17, 15) is 0 Å². The van der Waals surface area contributed by atoms with Gasteiger partial charge in [0.2, 0.25) is 0 Å². The highest BCUT2D eigenvalue weighted by Gasteiger charge is 2.19. The molecule has 0 saturated heterocycles. The zero-order chi connectivity index (χ0) is 9.54. The summed E-state index contributed by atoms with van der Waals surface area (Å²) in [6.45, 7) is 0. The van der Waals surface area contributed by atoms with Crippen LogP contribution in [0.1, 0.15) is 23.6 Å². The van der Waals surface area contributed by atoms with Crippen LogP contribution in [-0.2, 0) is 6.42 Å². The van der Waals surface area contributed by atoms with Crippen molar-refractivity contribution in [3.63, 3.8) is 0 Å². The van der Waals surface area contributed by atoms with Crippen LogP contribution in [0.3, 0.4) is 0 Å². The smallest absolute Gasteiger partial charge is 0.0704 e. The molecule has 0 bridgehead atoms. The molecule has 2 nitrogen and oxygen atoms in total. The second-order valence-corrected chi connectivity index (χ2v) is 3.89. The fourth-order valence-corrected chi connectivity index (χ4v) is 2.21. The van der Waals surface area contributed by atoms with Crippen molar-refractivity contribution >= 4 is 10.9 Å². The minimum absolute atomic E-state index is 0.231. The standard InChI is InChI=1S/C12H12N2/c13-11-4-3-8-7-12-9(6-10(8)11)2-1-5-14-12/h1-2,5-7,11H,3-4,13H2. The third-order valence-corrected chi connectivity index (χ3v) is 2.99. The zero-order valence-electron chi connectivity index (χ0n) is 7.90. The van der Waals surface area contributed by atoms with Crippen molar-refractivity contribution in [3.8, 4) is 0 Å². The van der Waals surface area contributed by atoms with Crippen molar-refractivity contribution in [1.82, 2.24) is 4.98 Å². The van der Waals surface area contributed by atoms with Crippen molar-refractivity contribution in [2.24, 2.45) is 5.73 Å². The maximum atomic E-state index is 6.02. The first-order valence-electron chi connectivity index (χ1n) is 4.98. The highest BCUT2D eigenvalue weighted by atomic mass is 14.7. The lowest BCUT2D eigenvalue weighted by molar-refractivity contribution is 0.714. The van der Waals surface area contributed by atoms with Crippen molar-refractivity contribution in [3.05, 3.63) is 41.6 Å². The van der Waals surface area contributed by atoms with Gasteiger partial charge < -0.3 is 5.73 Å². The lowest BCUT2D eigenvalue weighted by atomic mass is 10.1. The summed E-state index contributed by atoms with van der Waals surface area (Å²) in [7, 11) is 0. The van der Waals surface area contributed by atoms with Crippen molar-refractivity contribution < 1.29 is 0 Å². The van der Waals surface area contributed by atoms with E-state index in [-0.39, 0.29) is 6.04 Å². The quantitative estimate of drug-likeness (QED) is 0.681. The Kier molecular flexibility index (Phi) is 1.58. The molecule has 14 heavy (non-hydrogen) atoms. The van der Waals surface area contributed by atoms with Crippen LogP contribution in [0, 0.1) is 0 Å². The van der Waals surface area contributed by atoms with Crippen LogP contribution in [0.25, 0.3) is 10.9 Å². The normalized spacial score (nSPS) is 19.9. The number of pyridine rings is 1. The molecule has 0 spiro atoms. The van der Waals surface area contributed by atoms with Gasteiger partial charge in [0.15, 0.2) is 0 Å². The lowest BCUT2D eigenvalue weighted by Gasteiger charge is -2.05.